The number of hydrogen-bond acceptors (Lipinski definition) is 2. The Bertz CT molecular complexity index is 966. The van der Waals surface area contributed by atoms with Crippen molar-refractivity contribution in [1.29, 1.82) is 0 Å². The van der Waals surface area contributed by atoms with Gasteiger partial charge in [0.1, 0.15) is 11.4 Å². The predicted molar refractivity (Wildman–Crippen MR) is 122 cm³/mol. The molecule has 3 nitrogen and oxygen atoms in total. The van der Waals surface area contributed by atoms with Crippen LogP contribution in [0.15, 0.2) is 97.2 Å². The lowest BCUT2D eigenvalue weighted by molar-refractivity contribution is 0.131. The first-order valence-corrected chi connectivity index (χ1v) is 10.7. The second kappa shape index (κ2) is 9.29. The maximum Gasteiger partial charge on any atom is 0.125 e. The van der Waals surface area contributed by atoms with Gasteiger partial charge in [-0.25, -0.2) is 4.98 Å². The van der Waals surface area contributed by atoms with Crippen LogP contribution in [0, 0.1) is 0 Å². The molecular formula is C26H25ClN2O. The normalized spacial score (nSPS) is 11.5. The first kappa shape index (κ1) is 20.4. The molecule has 0 aliphatic heterocycles. The highest BCUT2D eigenvalue weighted by Crippen LogP contribution is 2.42. The minimum absolute atomic E-state index is 0.306. The molecule has 0 unspecified atom stereocenters. The van der Waals surface area contributed by atoms with Gasteiger partial charge in [0.15, 0.2) is 0 Å². The van der Waals surface area contributed by atoms with Crippen molar-refractivity contribution >= 4 is 11.6 Å². The van der Waals surface area contributed by atoms with E-state index in [1.54, 1.807) is 0 Å². The maximum atomic E-state index is 6.42. The van der Waals surface area contributed by atoms with Crippen molar-refractivity contribution < 1.29 is 4.74 Å². The van der Waals surface area contributed by atoms with Crippen molar-refractivity contribution in [2.24, 2.45) is 0 Å². The summed E-state index contributed by atoms with van der Waals surface area (Å²) in [7, 11) is 0. The van der Waals surface area contributed by atoms with Crippen molar-refractivity contribution in [2.45, 2.75) is 24.9 Å². The standard InChI is InChI=1S/C26H25ClN2O/c1-2-30-20-24-19-29(25(18-27)28-24)26(21-12-6-3-7-13-21,22-14-8-4-9-15-22)23-16-10-5-11-17-23/h3-17,19H,2,18,20H2,1H3. The van der Waals surface area contributed by atoms with Gasteiger partial charge in [0.25, 0.3) is 0 Å². The molecule has 0 fully saturated rings. The van der Waals surface area contributed by atoms with Crippen molar-refractivity contribution in [2.75, 3.05) is 6.61 Å². The van der Waals surface area contributed by atoms with Gasteiger partial charge in [-0.3, -0.25) is 0 Å². The Morgan fingerprint density at radius 1 is 0.800 bits per heavy atom. The molecule has 4 aromatic rings. The SMILES string of the molecule is CCOCc1cn(C(c2ccccc2)(c2ccccc2)c2ccccc2)c(CCl)n1. The van der Waals surface area contributed by atoms with Gasteiger partial charge in [0, 0.05) is 12.8 Å². The van der Waals surface area contributed by atoms with Gasteiger partial charge in [0.2, 0.25) is 0 Å². The highest BCUT2D eigenvalue weighted by molar-refractivity contribution is 6.16. The third-order valence-corrected chi connectivity index (χ3v) is 5.58. The van der Waals surface area contributed by atoms with Gasteiger partial charge in [-0.05, 0) is 23.6 Å². The molecule has 3 aromatic carbocycles. The number of nitrogens with zero attached hydrogens (tertiary/aromatic N) is 2. The van der Waals surface area contributed by atoms with Gasteiger partial charge >= 0.3 is 0 Å². The second-order valence-electron chi connectivity index (χ2n) is 7.10. The topological polar surface area (TPSA) is 27.1 Å². The van der Waals surface area contributed by atoms with Gasteiger partial charge < -0.3 is 9.30 Å². The molecule has 0 amide bonds. The molecule has 0 bridgehead atoms. The molecule has 0 atom stereocenters. The lowest BCUT2D eigenvalue weighted by Gasteiger charge is -2.38. The van der Waals surface area contributed by atoms with Crippen LogP contribution in [0.2, 0.25) is 0 Å². The summed E-state index contributed by atoms with van der Waals surface area (Å²) in [6.07, 6.45) is 2.08. The summed E-state index contributed by atoms with van der Waals surface area (Å²) in [5.74, 6) is 1.11. The lowest BCUT2D eigenvalue weighted by atomic mass is 9.76. The number of imidazole rings is 1. The van der Waals surface area contributed by atoms with Crippen LogP contribution in [0.4, 0.5) is 0 Å². The Labute approximate surface area is 182 Å². The van der Waals surface area contributed by atoms with Gasteiger partial charge in [-0.1, -0.05) is 91.0 Å². The van der Waals surface area contributed by atoms with E-state index >= 15 is 0 Å². The van der Waals surface area contributed by atoms with Crippen LogP contribution < -0.4 is 0 Å². The molecule has 0 radical (unpaired) electrons. The molecule has 0 saturated heterocycles. The summed E-state index contributed by atoms with van der Waals surface area (Å²) in [6.45, 7) is 3.09. The summed E-state index contributed by atoms with van der Waals surface area (Å²) < 4.78 is 7.86. The minimum Gasteiger partial charge on any atom is -0.375 e. The zero-order chi connectivity index (χ0) is 20.8. The molecule has 4 heteroatoms. The predicted octanol–water partition coefficient (Wildman–Crippen LogP) is 6.00. The number of alkyl halides is 1. The van der Waals surface area contributed by atoms with E-state index in [2.05, 4.69) is 83.6 Å². The average molecular weight is 417 g/mol. The minimum atomic E-state index is -0.606. The molecule has 0 spiro atoms. The molecule has 0 N–H and O–H groups in total. The molecular weight excluding hydrogens is 392 g/mol. The Hall–Kier alpha value is -2.88. The van der Waals surface area contributed by atoms with E-state index in [9.17, 15) is 0 Å². The third kappa shape index (κ3) is 3.67. The quantitative estimate of drug-likeness (QED) is 0.260. The summed E-state index contributed by atoms with van der Waals surface area (Å²) >= 11 is 6.42. The van der Waals surface area contributed by atoms with Crippen molar-refractivity contribution in [3.8, 4) is 0 Å². The summed E-state index contributed by atoms with van der Waals surface area (Å²) in [6, 6.07) is 31.6. The Morgan fingerprint density at radius 2 is 1.27 bits per heavy atom. The molecule has 1 aromatic heterocycles. The van der Waals surface area contributed by atoms with E-state index < -0.39 is 5.54 Å². The van der Waals surface area contributed by atoms with E-state index in [-0.39, 0.29) is 0 Å². The lowest BCUT2D eigenvalue weighted by Crippen LogP contribution is -2.38. The summed E-state index contributed by atoms with van der Waals surface area (Å²) in [4.78, 5) is 4.81. The Morgan fingerprint density at radius 3 is 1.67 bits per heavy atom. The monoisotopic (exact) mass is 416 g/mol. The highest BCUT2D eigenvalue weighted by Gasteiger charge is 2.39. The third-order valence-electron chi connectivity index (χ3n) is 5.34. The number of hydrogen-bond donors (Lipinski definition) is 0. The van der Waals surface area contributed by atoms with Crippen LogP contribution in [0.1, 0.15) is 35.1 Å². The fourth-order valence-corrected chi connectivity index (χ4v) is 4.28. The molecule has 30 heavy (non-hydrogen) atoms. The van der Waals surface area contributed by atoms with Gasteiger partial charge in [0.05, 0.1) is 18.2 Å². The van der Waals surface area contributed by atoms with E-state index in [1.807, 2.05) is 25.1 Å². The zero-order valence-electron chi connectivity index (χ0n) is 17.0. The highest BCUT2D eigenvalue weighted by atomic mass is 35.5. The average Bonchev–Trinajstić information content (AvgIpc) is 3.24. The first-order valence-electron chi connectivity index (χ1n) is 10.2. The molecule has 0 aliphatic rings. The smallest absolute Gasteiger partial charge is 0.125 e. The van der Waals surface area contributed by atoms with E-state index in [1.165, 1.54) is 0 Å². The van der Waals surface area contributed by atoms with Gasteiger partial charge in [-0.15, -0.1) is 11.6 Å². The van der Waals surface area contributed by atoms with E-state index in [4.69, 9.17) is 21.3 Å². The summed E-state index contributed by atoms with van der Waals surface area (Å²) in [5.41, 5.74) is 3.71. The first-order chi connectivity index (χ1) is 14.8. The van der Waals surface area contributed by atoms with Crippen LogP contribution in [0.25, 0.3) is 0 Å². The van der Waals surface area contributed by atoms with Crippen LogP contribution >= 0.6 is 11.6 Å². The molecule has 0 aliphatic carbocycles. The largest absolute Gasteiger partial charge is 0.375 e. The van der Waals surface area contributed by atoms with Crippen molar-refractivity contribution in [3.63, 3.8) is 0 Å². The van der Waals surface area contributed by atoms with Crippen LogP contribution in [0.3, 0.4) is 0 Å². The van der Waals surface area contributed by atoms with Crippen molar-refractivity contribution in [3.05, 3.63) is 125 Å². The Balaban J connectivity index is 2.07. The molecule has 152 valence electrons. The van der Waals surface area contributed by atoms with Crippen molar-refractivity contribution in [1.82, 2.24) is 9.55 Å². The van der Waals surface area contributed by atoms with Crippen LogP contribution in [0.5, 0.6) is 0 Å². The summed E-state index contributed by atoms with van der Waals surface area (Å²) in [5, 5.41) is 0. The maximum absolute atomic E-state index is 6.42. The van der Waals surface area contributed by atoms with Crippen LogP contribution in [-0.2, 0) is 22.8 Å². The second-order valence-corrected chi connectivity index (χ2v) is 7.36. The fraction of sp³-hybridized carbons (Fsp3) is 0.192. The number of halogens is 1. The molecule has 4 rings (SSSR count). The number of benzene rings is 3. The fourth-order valence-electron chi connectivity index (χ4n) is 4.09. The van der Waals surface area contributed by atoms with E-state index in [0.717, 1.165) is 28.2 Å². The number of rotatable bonds is 8. The van der Waals surface area contributed by atoms with E-state index in [0.29, 0.717) is 19.1 Å². The molecule has 0 saturated carbocycles. The van der Waals surface area contributed by atoms with Crippen LogP contribution in [-0.4, -0.2) is 16.2 Å². The van der Waals surface area contributed by atoms with Gasteiger partial charge in [-0.2, -0.15) is 0 Å². The number of aromatic nitrogens is 2. The molecule has 1 heterocycles. The zero-order valence-corrected chi connectivity index (χ0v) is 17.8. The number of ether oxygens (including phenoxy) is 1. The Kier molecular flexibility index (Phi) is 6.32.